The molecule has 145 heavy (non-hydrogen) atoms. The fourth-order valence-electron chi connectivity index (χ4n) is 13.7. The van der Waals surface area contributed by atoms with Crippen LogP contribution in [-0.4, -0.2) is 13.2 Å². The molecule has 1 nitrogen and oxygen atoms in total. The molecule has 0 unspecified atom stereocenters. The average molecular weight is 2080 g/mol. The largest absolute Gasteiger partial charge is 0.382 e. The third-order valence-corrected chi connectivity index (χ3v) is 24.6. The molecule has 0 amide bonds. The van der Waals surface area contributed by atoms with Gasteiger partial charge in [-0.25, -0.2) is 0 Å². The van der Waals surface area contributed by atoms with Crippen LogP contribution in [-0.2, 0) is 4.74 Å². The maximum absolute atomic E-state index is 4.83. The maximum atomic E-state index is 4.83. The topological polar surface area (TPSA) is 9.23 Å². The first-order valence-corrected chi connectivity index (χ1v) is 70.3. The predicted octanol–water partition coefficient (Wildman–Crippen LogP) is 60.6. The van der Waals surface area contributed by atoms with E-state index >= 15 is 0 Å². The Morgan fingerprint density at radius 3 is 0.103 bits per heavy atom. The zero-order valence-electron chi connectivity index (χ0n) is 115. The molecule has 0 N–H and O–H groups in total. The van der Waals surface area contributed by atoms with Crippen molar-refractivity contribution >= 4 is 0 Å². The minimum Gasteiger partial charge on any atom is -0.382 e. The maximum Gasteiger partial charge on any atom is 0.0437 e. The number of unbranched alkanes of at least 4 members (excludes halogenated alkanes) is 80. The molecule has 0 spiro atoms. The molecule has 0 aliphatic heterocycles. The van der Waals surface area contributed by atoms with Gasteiger partial charge in [0.2, 0.25) is 0 Å². The molecule has 0 saturated carbocycles. The first-order chi connectivity index (χ1) is 70.7. The molecule has 0 aromatic rings. The van der Waals surface area contributed by atoms with Gasteiger partial charge in [0, 0.05) is 13.2 Å². The highest BCUT2D eigenvalue weighted by Gasteiger charge is 1.92. The molecule has 0 saturated heterocycles. The van der Waals surface area contributed by atoms with E-state index in [0.29, 0.717) is 0 Å². The molecule has 0 aliphatic carbocycles. The van der Waals surface area contributed by atoms with Gasteiger partial charge in [-0.1, -0.05) is 919 Å². The Morgan fingerprint density at radius 1 is 0.0552 bits per heavy atom. The van der Waals surface area contributed by atoms with E-state index in [4.69, 9.17) is 4.74 Å². The summed E-state index contributed by atoms with van der Waals surface area (Å²) in [6.45, 7) is 95.5. The van der Waals surface area contributed by atoms with Crippen LogP contribution in [0.25, 0.3) is 0 Å². The third-order valence-electron chi connectivity index (χ3n) is 24.6. The van der Waals surface area contributed by atoms with Gasteiger partial charge in [-0.05, 0) is 13.8 Å². The molecule has 0 rings (SSSR count). The van der Waals surface area contributed by atoms with Gasteiger partial charge in [-0.3, -0.25) is 0 Å². The van der Waals surface area contributed by atoms with E-state index in [1.165, 1.54) is 642 Å². The van der Waals surface area contributed by atoms with Crippen molar-refractivity contribution in [2.45, 2.75) is 933 Å². The summed E-state index contributed by atoms with van der Waals surface area (Å²) < 4.78 is 4.83. The number of rotatable bonds is 82. The summed E-state index contributed by atoms with van der Waals surface area (Å²) in [4.78, 5) is 0. The van der Waals surface area contributed by atoms with E-state index in [9.17, 15) is 0 Å². The Kier molecular flexibility index (Phi) is 374. The molecule has 0 radical (unpaired) electrons. The molecule has 0 aliphatic rings. The van der Waals surface area contributed by atoms with Crippen molar-refractivity contribution in [3.63, 3.8) is 0 Å². The lowest BCUT2D eigenvalue weighted by Crippen LogP contribution is -1.84. The fourth-order valence-corrected chi connectivity index (χ4v) is 13.7. The normalized spacial score (nSPS) is 9.39. The summed E-state index contributed by atoms with van der Waals surface area (Å²) in [5.74, 6) is 0. The summed E-state index contributed by atoms with van der Waals surface area (Å²) in [5.41, 5.74) is 0. The molecular weight excluding hydrogens is 1750 g/mol. The van der Waals surface area contributed by atoms with Crippen molar-refractivity contribution in [3.8, 4) is 0 Å². The van der Waals surface area contributed by atoms with Gasteiger partial charge in [0.25, 0.3) is 0 Å². The molecule has 0 aromatic heterocycles. The zero-order chi connectivity index (χ0) is 115. The van der Waals surface area contributed by atoms with E-state index in [1.807, 2.05) is 13.8 Å². The van der Waals surface area contributed by atoms with Crippen LogP contribution in [0.4, 0.5) is 0 Å². The SMILES string of the molecule is CCCCCCC.CCCCCCC.CCCCCCC.CCCCCCC.CCCCCCC.CCCCCCC.CCCCCCC.CCCCCCC.CCCCCCC.CCCCCCC.CCCCCCC.CCCCCCC.CCCCCCC.CCCCCCC.CCCCCCC.CCCCCCC.CCCCCCC.CCCCCCC.CCCCCCC.CCCCCCC.CCOCC. The van der Waals surface area contributed by atoms with E-state index in [1.54, 1.807) is 0 Å². The Labute approximate surface area is 944 Å². The molecule has 0 aromatic carbocycles. The van der Waals surface area contributed by atoms with Crippen molar-refractivity contribution in [1.82, 2.24) is 0 Å². The van der Waals surface area contributed by atoms with Gasteiger partial charge in [0.15, 0.2) is 0 Å². The quantitative estimate of drug-likeness (QED) is 0.0552. The van der Waals surface area contributed by atoms with Crippen LogP contribution in [0, 0.1) is 0 Å². The van der Waals surface area contributed by atoms with Crippen molar-refractivity contribution < 1.29 is 4.74 Å². The molecule has 1 heteroatoms. The lowest BCUT2D eigenvalue weighted by Gasteiger charge is -1.90. The Balaban J connectivity index is -0.0000000586. The third kappa shape index (κ3) is 432. The summed E-state index contributed by atoms with van der Waals surface area (Å²) in [5, 5.41) is 0. The summed E-state index contributed by atoms with van der Waals surface area (Å²) >= 11 is 0. The van der Waals surface area contributed by atoms with Crippen LogP contribution in [0.1, 0.15) is 933 Å². The average Bonchev–Trinajstić information content (AvgIpc) is 1.66. The summed E-state index contributed by atoms with van der Waals surface area (Å²) in [7, 11) is 0. The van der Waals surface area contributed by atoms with Gasteiger partial charge in [-0.15, -0.1) is 0 Å². The number of hydrogen-bond acceptors (Lipinski definition) is 1. The van der Waals surface area contributed by atoms with Gasteiger partial charge in [0.05, 0.1) is 0 Å². The van der Waals surface area contributed by atoms with Crippen LogP contribution >= 0.6 is 0 Å². The lowest BCUT2D eigenvalue weighted by atomic mass is 10.2. The molecule has 0 heterocycles. The van der Waals surface area contributed by atoms with Crippen LogP contribution in [0.5, 0.6) is 0 Å². The highest BCUT2D eigenvalue weighted by Crippen LogP contribution is 2.12. The van der Waals surface area contributed by atoms with Crippen LogP contribution in [0.2, 0.25) is 0 Å². The number of hydrogen-bond donors (Lipinski definition) is 0. The van der Waals surface area contributed by atoms with E-state index < -0.39 is 0 Å². The molecule has 0 bridgehead atoms. The van der Waals surface area contributed by atoms with Crippen LogP contribution in [0.15, 0.2) is 0 Å². The minimum absolute atomic E-state index is 0.844. The van der Waals surface area contributed by atoms with Crippen molar-refractivity contribution in [1.29, 1.82) is 0 Å². The fraction of sp³-hybridized carbons (Fsp3) is 1.00. The molecule has 912 valence electrons. The second-order valence-corrected chi connectivity index (χ2v) is 42.0. The summed E-state index contributed by atoms with van der Waals surface area (Å²) in [6, 6.07) is 0. The molecule has 0 fully saturated rings. The Bertz CT molecular complexity index is 872. The molecular formula is C144H330O. The van der Waals surface area contributed by atoms with Gasteiger partial charge in [0.1, 0.15) is 0 Å². The first kappa shape index (κ1) is 196. The van der Waals surface area contributed by atoms with E-state index in [2.05, 4.69) is 277 Å². The van der Waals surface area contributed by atoms with Crippen molar-refractivity contribution in [2.24, 2.45) is 0 Å². The second kappa shape index (κ2) is 278. The lowest BCUT2D eigenvalue weighted by molar-refractivity contribution is 0.162. The standard InChI is InChI=1S/20C7H16.C4H10O/c20*1-3-5-7-6-4-2;1-3-5-4-2/h20*3-7H2,1-2H3;3-4H2,1-2H3. The molecule has 0 atom stereocenters. The van der Waals surface area contributed by atoms with Crippen molar-refractivity contribution in [2.75, 3.05) is 13.2 Å². The van der Waals surface area contributed by atoms with Crippen LogP contribution in [0.3, 0.4) is 0 Å². The van der Waals surface area contributed by atoms with Gasteiger partial charge < -0.3 is 4.74 Å². The van der Waals surface area contributed by atoms with E-state index in [-0.39, 0.29) is 0 Å². The second-order valence-electron chi connectivity index (χ2n) is 42.0. The van der Waals surface area contributed by atoms with Crippen molar-refractivity contribution in [3.05, 3.63) is 0 Å². The number of ether oxygens (including phenoxy) is 1. The minimum atomic E-state index is 0.844. The smallest absolute Gasteiger partial charge is 0.0437 e. The zero-order valence-corrected chi connectivity index (χ0v) is 115. The van der Waals surface area contributed by atoms with Crippen LogP contribution < -0.4 is 0 Å². The Morgan fingerprint density at radius 2 is 0.0897 bits per heavy atom. The van der Waals surface area contributed by atoms with Gasteiger partial charge >= 0.3 is 0 Å². The summed E-state index contributed by atoms with van der Waals surface area (Å²) in [6.07, 6.45) is 140. The highest BCUT2D eigenvalue weighted by atomic mass is 16.5. The van der Waals surface area contributed by atoms with Gasteiger partial charge in [-0.2, -0.15) is 0 Å². The Hall–Kier alpha value is -0.0400. The first-order valence-electron chi connectivity index (χ1n) is 70.3. The van der Waals surface area contributed by atoms with E-state index in [0.717, 1.165) is 13.2 Å². The predicted molar refractivity (Wildman–Crippen MR) is 711 cm³/mol. The monoisotopic (exact) mass is 2080 g/mol. The highest BCUT2D eigenvalue weighted by molar-refractivity contribution is 4.48.